The van der Waals surface area contributed by atoms with Gasteiger partial charge in [0.2, 0.25) is 0 Å². The number of benzene rings is 2. The molecule has 0 aliphatic rings. The van der Waals surface area contributed by atoms with Crippen molar-refractivity contribution in [1.82, 2.24) is 9.97 Å². The van der Waals surface area contributed by atoms with E-state index in [9.17, 15) is 0 Å². The summed E-state index contributed by atoms with van der Waals surface area (Å²) in [6, 6.07) is 17.1. The summed E-state index contributed by atoms with van der Waals surface area (Å²) in [5, 5.41) is 4.54. The Kier molecular flexibility index (Phi) is 4.70. The zero-order valence-electron chi connectivity index (χ0n) is 19.1. The summed E-state index contributed by atoms with van der Waals surface area (Å²) in [6.07, 6.45) is 2.13. The first-order valence-electron chi connectivity index (χ1n) is 11.0. The second kappa shape index (κ2) is 7.20. The molecule has 5 aromatic rings. The molecule has 0 amide bonds. The van der Waals surface area contributed by atoms with Gasteiger partial charge in [0.25, 0.3) is 0 Å². The van der Waals surface area contributed by atoms with Gasteiger partial charge in [-0.3, -0.25) is 0 Å². The Bertz CT molecular complexity index is 1460. The van der Waals surface area contributed by atoms with E-state index in [0.717, 1.165) is 33.3 Å². The number of pyridine rings is 2. The van der Waals surface area contributed by atoms with Crippen molar-refractivity contribution in [3.8, 4) is 11.3 Å². The maximum atomic E-state index is 6.39. The molecule has 0 saturated heterocycles. The van der Waals surface area contributed by atoms with Crippen molar-refractivity contribution in [2.75, 3.05) is 0 Å². The molecule has 3 heterocycles. The van der Waals surface area contributed by atoms with Crippen LogP contribution in [-0.4, -0.2) is 23.2 Å². The van der Waals surface area contributed by atoms with Gasteiger partial charge in [-0.05, 0) is 0 Å². The van der Waals surface area contributed by atoms with Gasteiger partial charge in [0.15, 0.2) is 0 Å². The summed E-state index contributed by atoms with van der Waals surface area (Å²) in [5.74, 6) is 7.76. The Hall–Kier alpha value is -2.66. The Morgan fingerprint density at radius 2 is 1.61 bits per heavy atom. The number of fused-ring (bicyclic) bond motifs is 5. The van der Waals surface area contributed by atoms with E-state index in [2.05, 4.69) is 85.8 Å². The van der Waals surface area contributed by atoms with Crippen LogP contribution in [0.2, 0.25) is 17.3 Å². The van der Waals surface area contributed by atoms with Gasteiger partial charge in [0.05, 0.1) is 0 Å². The summed E-state index contributed by atoms with van der Waals surface area (Å²) in [4.78, 5) is 9.71. The number of aryl methyl sites for hydroxylation is 1. The van der Waals surface area contributed by atoms with Crippen molar-refractivity contribution in [3.05, 3.63) is 66.0 Å². The third kappa shape index (κ3) is 3.26. The third-order valence-electron chi connectivity index (χ3n) is 6.19. The second-order valence-electron chi connectivity index (χ2n) is 9.77. The molecule has 0 bridgehead atoms. The predicted octanol–water partition coefficient (Wildman–Crippen LogP) is 7.17. The zero-order valence-corrected chi connectivity index (χ0v) is 21.2. The first-order chi connectivity index (χ1) is 14.8. The van der Waals surface area contributed by atoms with Crippen LogP contribution in [0.15, 0.2) is 59.1 Å². The minimum atomic E-state index is -2.01. The molecule has 2 aromatic carbocycles. The Morgan fingerprint density at radius 1 is 0.903 bits per heavy atom. The average Bonchev–Trinajstić information content (AvgIpc) is 3.11. The van der Waals surface area contributed by atoms with Crippen molar-refractivity contribution < 1.29 is 4.42 Å². The van der Waals surface area contributed by atoms with Crippen LogP contribution >= 0.6 is 0 Å². The molecule has 0 aliphatic carbocycles. The molecule has 0 fully saturated rings. The molecule has 5 rings (SSSR count). The Labute approximate surface area is 185 Å². The monoisotopic (exact) mass is 470 g/mol. The van der Waals surface area contributed by atoms with Crippen LogP contribution in [-0.2, 0) is 0 Å². The molecule has 0 spiro atoms. The van der Waals surface area contributed by atoms with Crippen LogP contribution in [0.1, 0.15) is 31.0 Å². The van der Waals surface area contributed by atoms with Gasteiger partial charge in [-0.15, -0.1) is 0 Å². The van der Waals surface area contributed by atoms with Crippen LogP contribution in [0, 0.1) is 6.92 Å². The zero-order chi connectivity index (χ0) is 21.9. The van der Waals surface area contributed by atoms with Crippen molar-refractivity contribution in [2.24, 2.45) is 0 Å². The van der Waals surface area contributed by atoms with E-state index in [1.807, 2.05) is 6.92 Å². The van der Waals surface area contributed by atoms with E-state index in [4.69, 9.17) is 14.4 Å². The number of aromatic nitrogens is 2. The quantitative estimate of drug-likeness (QED) is 0.263. The Balaban J connectivity index is 1.82. The van der Waals surface area contributed by atoms with Crippen LogP contribution < -0.4 is 4.40 Å². The van der Waals surface area contributed by atoms with Crippen LogP contribution in [0.5, 0.6) is 0 Å². The number of rotatable bonds is 3. The first-order valence-corrected chi connectivity index (χ1v) is 18.3. The van der Waals surface area contributed by atoms with Crippen molar-refractivity contribution in [1.29, 1.82) is 0 Å². The van der Waals surface area contributed by atoms with E-state index >= 15 is 0 Å². The maximum absolute atomic E-state index is 6.39. The number of hydrogen-bond donors (Lipinski definition) is 0. The minimum absolute atomic E-state index is 0.463. The number of nitrogens with zero attached hydrogens (tertiary/aromatic N) is 2. The SMILES string of the molecule is Cc1nc2oc3c(-c4cc(C(C)C)[c]([Ge]([CH3])([CH3])[CH3])cn4)cccc3c2c2ccccc12. The molecule has 4 heteroatoms. The van der Waals surface area contributed by atoms with Gasteiger partial charge in [0.1, 0.15) is 0 Å². The van der Waals surface area contributed by atoms with E-state index in [1.54, 1.807) is 0 Å². The molecule has 0 radical (unpaired) electrons. The third-order valence-corrected chi connectivity index (χ3v) is 10.5. The van der Waals surface area contributed by atoms with Gasteiger partial charge in [-0.1, -0.05) is 0 Å². The summed E-state index contributed by atoms with van der Waals surface area (Å²) in [6.45, 7) is 6.59. The van der Waals surface area contributed by atoms with Crippen LogP contribution in [0.3, 0.4) is 0 Å². The first kappa shape index (κ1) is 20.3. The van der Waals surface area contributed by atoms with E-state index in [-0.39, 0.29) is 0 Å². The van der Waals surface area contributed by atoms with E-state index < -0.39 is 13.3 Å². The normalized spacial score (nSPS) is 12.5. The Morgan fingerprint density at radius 3 is 2.32 bits per heavy atom. The molecule has 3 aromatic heterocycles. The topological polar surface area (TPSA) is 38.9 Å². The van der Waals surface area contributed by atoms with E-state index in [1.165, 1.54) is 20.7 Å². The van der Waals surface area contributed by atoms with Crippen molar-refractivity contribution in [2.45, 2.75) is 44.0 Å². The molecular weight excluding hydrogens is 441 g/mol. The molecule has 0 aliphatic heterocycles. The molecule has 156 valence electrons. The summed E-state index contributed by atoms with van der Waals surface area (Å²) in [7, 11) is 0. The number of para-hydroxylation sites is 1. The summed E-state index contributed by atoms with van der Waals surface area (Å²) < 4.78 is 7.87. The van der Waals surface area contributed by atoms with E-state index in [0.29, 0.717) is 11.6 Å². The van der Waals surface area contributed by atoms with Crippen molar-refractivity contribution in [3.63, 3.8) is 0 Å². The fourth-order valence-corrected chi connectivity index (χ4v) is 8.12. The van der Waals surface area contributed by atoms with Crippen LogP contribution in [0.4, 0.5) is 0 Å². The predicted molar refractivity (Wildman–Crippen MR) is 134 cm³/mol. The second-order valence-corrected chi connectivity index (χ2v) is 20.3. The molecular formula is C27H28GeN2O. The molecule has 3 nitrogen and oxygen atoms in total. The molecule has 0 N–H and O–H groups in total. The fraction of sp³-hybridized carbons (Fsp3) is 0.259. The molecule has 0 saturated carbocycles. The summed E-state index contributed by atoms with van der Waals surface area (Å²) >= 11 is -2.01. The molecule has 0 atom stereocenters. The van der Waals surface area contributed by atoms with Crippen molar-refractivity contribution >= 4 is 50.5 Å². The van der Waals surface area contributed by atoms with Gasteiger partial charge < -0.3 is 0 Å². The van der Waals surface area contributed by atoms with Gasteiger partial charge >= 0.3 is 186 Å². The molecule has 0 unspecified atom stereocenters. The number of furan rings is 1. The summed E-state index contributed by atoms with van der Waals surface area (Å²) in [5.41, 5.74) is 5.99. The fourth-order valence-electron chi connectivity index (χ4n) is 4.60. The van der Waals surface area contributed by atoms with Gasteiger partial charge in [-0.25, -0.2) is 0 Å². The van der Waals surface area contributed by atoms with Crippen LogP contribution in [0.25, 0.3) is 44.1 Å². The number of hydrogen-bond acceptors (Lipinski definition) is 3. The van der Waals surface area contributed by atoms with Gasteiger partial charge in [0, 0.05) is 0 Å². The average molecular weight is 469 g/mol. The standard InChI is InChI=1S/C27H28GeN2O/c1-16(2)22-14-24(29-15-23(22)28(4,5)6)20-12-9-13-21-25-19-11-8-7-10-18(19)17(3)30-27(25)31-26(20)21/h7-16H,1-6H3. The molecule has 31 heavy (non-hydrogen) atoms. The van der Waals surface area contributed by atoms with Gasteiger partial charge in [-0.2, -0.15) is 0 Å².